The number of aryl methyl sites for hydroxylation is 1. The Hall–Kier alpha value is -2.38. The predicted octanol–water partition coefficient (Wildman–Crippen LogP) is 1.12. The molecule has 0 radical (unpaired) electrons. The van der Waals surface area contributed by atoms with Crippen LogP contribution >= 0.6 is 0 Å². The highest BCUT2D eigenvalue weighted by Crippen LogP contribution is 2.23. The first-order chi connectivity index (χ1) is 12.2. The Balaban J connectivity index is 1.64. The minimum Gasteiger partial charge on any atom is -0.482 e. The quantitative estimate of drug-likeness (QED) is 0.792. The molecule has 1 saturated heterocycles. The number of rotatable bonds is 6. The van der Waals surface area contributed by atoms with Gasteiger partial charge in [-0.3, -0.25) is 4.90 Å². The summed E-state index contributed by atoms with van der Waals surface area (Å²) >= 11 is 0. The Morgan fingerprint density at radius 2 is 2.16 bits per heavy atom. The number of aromatic nitrogens is 2. The largest absolute Gasteiger partial charge is 0.482 e. The molecule has 1 aromatic heterocycles. The van der Waals surface area contributed by atoms with Gasteiger partial charge in [-0.1, -0.05) is 12.1 Å². The minimum atomic E-state index is -0.386. The van der Waals surface area contributed by atoms with Gasteiger partial charge in [-0.25, -0.2) is 9.78 Å². The number of imidazole rings is 1. The maximum absolute atomic E-state index is 11.1. The van der Waals surface area contributed by atoms with Crippen LogP contribution in [-0.4, -0.2) is 53.8 Å². The Morgan fingerprint density at radius 1 is 1.36 bits per heavy atom. The molecular formula is C18H24N4O3. The maximum atomic E-state index is 11.1. The van der Waals surface area contributed by atoms with Gasteiger partial charge in [-0.05, 0) is 17.7 Å². The van der Waals surface area contributed by atoms with Gasteiger partial charge in [0.15, 0.2) is 6.61 Å². The lowest BCUT2D eigenvalue weighted by atomic mass is 10.1. The Morgan fingerprint density at radius 3 is 2.84 bits per heavy atom. The van der Waals surface area contributed by atoms with Crippen molar-refractivity contribution in [2.24, 2.45) is 7.05 Å². The number of piperazine rings is 1. The molecule has 134 valence electrons. The van der Waals surface area contributed by atoms with Crippen molar-refractivity contribution in [3.05, 3.63) is 48.0 Å². The smallest absolute Gasteiger partial charge is 0.343 e. The molecule has 7 heteroatoms. The van der Waals surface area contributed by atoms with Gasteiger partial charge in [0, 0.05) is 45.6 Å². The fraction of sp³-hybridized carbons (Fsp3) is 0.444. The number of nitrogens with zero attached hydrogens (tertiary/aromatic N) is 3. The number of hydrogen-bond donors (Lipinski definition) is 1. The van der Waals surface area contributed by atoms with Gasteiger partial charge in [-0.15, -0.1) is 0 Å². The normalized spacial score (nSPS) is 18.1. The molecule has 1 N–H and O–H groups in total. The highest BCUT2D eigenvalue weighted by Gasteiger charge is 2.26. The summed E-state index contributed by atoms with van der Waals surface area (Å²) in [6.45, 7) is 3.61. The molecule has 0 spiro atoms. The van der Waals surface area contributed by atoms with E-state index in [1.165, 1.54) is 12.7 Å². The highest BCUT2D eigenvalue weighted by atomic mass is 16.6. The third-order valence-electron chi connectivity index (χ3n) is 4.40. The second-order valence-electron chi connectivity index (χ2n) is 6.10. The Labute approximate surface area is 147 Å². The molecule has 1 fully saturated rings. The fourth-order valence-electron chi connectivity index (χ4n) is 3.02. The van der Waals surface area contributed by atoms with Gasteiger partial charge < -0.3 is 19.4 Å². The van der Waals surface area contributed by atoms with Crippen molar-refractivity contribution in [1.29, 1.82) is 0 Å². The molecule has 1 aliphatic rings. The van der Waals surface area contributed by atoms with Crippen molar-refractivity contribution in [2.45, 2.75) is 12.6 Å². The second kappa shape index (κ2) is 8.13. The average Bonchev–Trinajstić information content (AvgIpc) is 3.07. The number of benzene rings is 1. The molecule has 25 heavy (non-hydrogen) atoms. The number of nitrogens with one attached hydrogen (secondary N) is 1. The van der Waals surface area contributed by atoms with Crippen LogP contribution in [-0.2, 0) is 23.1 Å². The molecule has 1 unspecified atom stereocenters. The summed E-state index contributed by atoms with van der Waals surface area (Å²) in [6.07, 6.45) is 3.82. The van der Waals surface area contributed by atoms with Crippen molar-refractivity contribution in [3.63, 3.8) is 0 Å². The molecule has 7 nitrogen and oxygen atoms in total. The van der Waals surface area contributed by atoms with E-state index in [4.69, 9.17) is 4.74 Å². The molecule has 1 atom stereocenters. The minimum absolute atomic E-state index is 0.0745. The summed E-state index contributed by atoms with van der Waals surface area (Å²) in [4.78, 5) is 18.1. The third kappa shape index (κ3) is 4.37. The van der Waals surface area contributed by atoms with E-state index in [2.05, 4.69) is 24.5 Å². The van der Waals surface area contributed by atoms with Crippen molar-refractivity contribution in [1.82, 2.24) is 19.8 Å². The van der Waals surface area contributed by atoms with E-state index in [-0.39, 0.29) is 18.6 Å². The lowest BCUT2D eigenvalue weighted by molar-refractivity contribution is -0.142. The third-order valence-corrected chi connectivity index (χ3v) is 4.40. The summed E-state index contributed by atoms with van der Waals surface area (Å²) in [5.74, 6) is 1.35. The van der Waals surface area contributed by atoms with E-state index in [0.29, 0.717) is 5.75 Å². The summed E-state index contributed by atoms with van der Waals surface area (Å²) < 4.78 is 12.0. The van der Waals surface area contributed by atoms with Gasteiger partial charge in [0.05, 0.1) is 13.2 Å². The Bertz CT molecular complexity index is 699. The molecule has 0 amide bonds. The monoisotopic (exact) mass is 344 g/mol. The number of esters is 1. The number of hydrogen-bond acceptors (Lipinski definition) is 6. The number of methoxy groups -OCH3 is 1. The van der Waals surface area contributed by atoms with Crippen molar-refractivity contribution in [3.8, 4) is 5.75 Å². The van der Waals surface area contributed by atoms with Gasteiger partial charge >= 0.3 is 5.97 Å². The summed E-state index contributed by atoms with van der Waals surface area (Å²) in [7, 11) is 3.38. The highest BCUT2D eigenvalue weighted by molar-refractivity contribution is 5.70. The van der Waals surface area contributed by atoms with Crippen molar-refractivity contribution < 1.29 is 14.3 Å². The van der Waals surface area contributed by atoms with Gasteiger partial charge in [0.1, 0.15) is 11.6 Å². The summed E-state index contributed by atoms with van der Waals surface area (Å²) in [5.41, 5.74) is 1.20. The van der Waals surface area contributed by atoms with Crippen LogP contribution in [0.15, 0.2) is 36.7 Å². The number of carbonyl (C=O) groups excluding carboxylic acids is 1. The zero-order chi connectivity index (χ0) is 17.6. The lowest BCUT2D eigenvalue weighted by Crippen LogP contribution is -2.46. The van der Waals surface area contributed by atoms with Crippen LogP contribution in [0.3, 0.4) is 0 Å². The van der Waals surface area contributed by atoms with Crippen LogP contribution in [0.25, 0.3) is 0 Å². The predicted molar refractivity (Wildman–Crippen MR) is 93.2 cm³/mol. The van der Waals surface area contributed by atoms with Crippen LogP contribution in [0.4, 0.5) is 0 Å². The number of ether oxygens (including phenoxy) is 2. The standard InChI is InChI=1S/C18H24N4O3/c1-21-9-8-20-18(21)16-11-19-7-10-22(16)12-14-3-5-15(6-4-14)25-13-17(23)24-2/h3-6,8-9,16,19H,7,10-13H2,1-2H3. The molecular weight excluding hydrogens is 320 g/mol. The first-order valence-corrected chi connectivity index (χ1v) is 8.38. The van der Waals surface area contributed by atoms with Crippen LogP contribution in [0.5, 0.6) is 5.75 Å². The first-order valence-electron chi connectivity index (χ1n) is 8.38. The SMILES string of the molecule is COC(=O)COc1ccc(CN2CCNCC2c2nccn2C)cc1. The molecule has 1 aliphatic heterocycles. The van der Waals surface area contributed by atoms with E-state index in [1.54, 1.807) is 0 Å². The van der Waals surface area contributed by atoms with E-state index >= 15 is 0 Å². The molecule has 0 aliphatic carbocycles. The van der Waals surface area contributed by atoms with E-state index in [9.17, 15) is 4.79 Å². The topological polar surface area (TPSA) is 68.6 Å². The van der Waals surface area contributed by atoms with Gasteiger partial charge in [0.25, 0.3) is 0 Å². The zero-order valence-electron chi connectivity index (χ0n) is 14.6. The van der Waals surface area contributed by atoms with E-state index in [1.807, 2.05) is 43.7 Å². The first kappa shape index (κ1) is 17.4. The molecule has 3 rings (SSSR count). The summed E-state index contributed by atoms with van der Waals surface area (Å²) in [6, 6.07) is 8.09. The molecule has 2 heterocycles. The zero-order valence-corrected chi connectivity index (χ0v) is 14.6. The van der Waals surface area contributed by atoms with Gasteiger partial charge in [0.2, 0.25) is 0 Å². The van der Waals surface area contributed by atoms with Gasteiger partial charge in [-0.2, -0.15) is 0 Å². The Kier molecular flexibility index (Phi) is 5.67. The van der Waals surface area contributed by atoms with Crippen LogP contribution in [0.1, 0.15) is 17.4 Å². The summed E-state index contributed by atoms with van der Waals surface area (Å²) in [5, 5.41) is 3.45. The molecule has 1 aromatic carbocycles. The second-order valence-corrected chi connectivity index (χ2v) is 6.10. The maximum Gasteiger partial charge on any atom is 0.343 e. The van der Waals surface area contributed by atoms with Crippen molar-refractivity contribution >= 4 is 5.97 Å². The van der Waals surface area contributed by atoms with E-state index < -0.39 is 0 Å². The van der Waals surface area contributed by atoms with E-state index in [0.717, 1.165) is 32.0 Å². The molecule has 2 aromatic rings. The van der Waals surface area contributed by atoms with Crippen LogP contribution in [0, 0.1) is 0 Å². The average molecular weight is 344 g/mol. The fourth-order valence-corrected chi connectivity index (χ4v) is 3.02. The van der Waals surface area contributed by atoms with Crippen molar-refractivity contribution in [2.75, 3.05) is 33.4 Å². The number of carbonyl (C=O) groups is 1. The van der Waals surface area contributed by atoms with Crippen LogP contribution < -0.4 is 10.1 Å². The molecule has 0 bridgehead atoms. The molecule has 0 saturated carbocycles. The lowest BCUT2D eigenvalue weighted by Gasteiger charge is -2.35. The van der Waals surface area contributed by atoms with Crippen LogP contribution in [0.2, 0.25) is 0 Å².